The maximum Gasteiger partial charge on any atom is 0.302 e. The molecule has 0 aromatic rings. The van der Waals surface area contributed by atoms with Crippen molar-refractivity contribution in [2.24, 2.45) is 28.6 Å². The molecule has 1 spiro atoms. The summed E-state index contributed by atoms with van der Waals surface area (Å²) in [6, 6.07) is 0. The topological polar surface area (TPSA) is 26.3 Å². The molecule has 106 valence electrons. The normalized spacial score (nSPS) is 47.8. The summed E-state index contributed by atoms with van der Waals surface area (Å²) in [6.07, 6.45) is 7.91. The summed E-state index contributed by atoms with van der Waals surface area (Å²) in [7, 11) is 0. The highest BCUT2D eigenvalue weighted by atomic mass is 16.5. The number of allylic oxidation sites excluding steroid dienone is 1. The van der Waals surface area contributed by atoms with E-state index in [1.54, 1.807) is 0 Å². The minimum absolute atomic E-state index is 0.163. The molecule has 19 heavy (non-hydrogen) atoms. The van der Waals surface area contributed by atoms with Gasteiger partial charge in [0, 0.05) is 6.92 Å². The molecular weight excluding hydrogens is 236 g/mol. The molecule has 0 radical (unpaired) electrons. The molecule has 3 aliphatic rings. The highest BCUT2D eigenvalue weighted by Crippen LogP contribution is 2.73. The van der Waals surface area contributed by atoms with Crippen LogP contribution in [0.25, 0.3) is 0 Å². The largest absolute Gasteiger partial charge is 0.461 e. The van der Waals surface area contributed by atoms with Crippen LogP contribution < -0.4 is 0 Å². The van der Waals surface area contributed by atoms with Gasteiger partial charge in [0.1, 0.15) is 6.61 Å². The van der Waals surface area contributed by atoms with Crippen molar-refractivity contribution in [3.05, 3.63) is 11.6 Å². The summed E-state index contributed by atoms with van der Waals surface area (Å²) in [5.74, 6) is 2.16. The molecule has 0 aliphatic heterocycles. The maximum absolute atomic E-state index is 11.1. The van der Waals surface area contributed by atoms with Gasteiger partial charge in [-0.15, -0.1) is 0 Å². The molecule has 3 rings (SSSR count). The number of rotatable bonds is 2. The van der Waals surface area contributed by atoms with Crippen molar-refractivity contribution < 1.29 is 9.53 Å². The van der Waals surface area contributed by atoms with E-state index < -0.39 is 0 Å². The molecule has 3 aliphatic carbocycles. The van der Waals surface area contributed by atoms with Crippen LogP contribution in [-0.4, -0.2) is 12.6 Å². The number of carbonyl (C=O) groups excluding carboxylic acids is 1. The molecule has 0 aromatic heterocycles. The Kier molecular flexibility index (Phi) is 2.85. The number of ether oxygens (including phenoxy) is 1. The van der Waals surface area contributed by atoms with E-state index in [1.807, 2.05) is 0 Å². The van der Waals surface area contributed by atoms with Crippen LogP contribution in [0, 0.1) is 28.6 Å². The van der Waals surface area contributed by atoms with E-state index in [0.29, 0.717) is 23.4 Å². The van der Waals surface area contributed by atoms with Crippen molar-refractivity contribution in [1.29, 1.82) is 0 Å². The maximum atomic E-state index is 11.1. The first-order valence-electron chi connectivity index (χ1n) is 7.76. The number of hydrogen-bond donors (Lipinski definition) is 0. The Morgan fingerprint density at radius 2 is 2.11 bits per heavy atom. The number of carbonyl (C=O) groups is 1. The van der Waals surface area contributed by atoms with Crippen LogP contribution in [0.1, 0.15) is 53.4 Å². The summed E-state index contributed by atoms with van der Waals surface area (Å²) < 4.78 is 5.27. The van der Waals surface area contributed by atoms with E-state index in [-0.39, 0.29) is 5.97 Å². The zero-order valence-electron chi connectivity index (χ0n) is 12.7. The lowest BCUT2D eigenvalue weighted by Gasteiger charge is -2.42. The van der Waals surface area contributed by atoms with E-state index in [9.17, 15) is 4.79 Å². The molecule has 0 saturated heterocycles. The van der Waals surface area contributed by atoms with Crippen molar-refractivity contribution in [1.82, 2.24) is 0 Å². The van der Waals surface area contributed by atoms with E-state index in [0.717, 1.165) is 11.8 Å². The van der Waals surface area contributed by atoms with E-state index in [1.165, 1.54) is 38.2 Å². The predicted molar refractivity (Wildman–Crippen MR) is 75.5 cm³/mol. The van der Waals surface area contributed by atoms with Crippen LogP contribution >= 0.6 is 0 Å². The second kappa shape index (κ2) is 4.10. The van der Waals surface area contributed by atoms with E-state index in [2.05, 4.69) is 26.8 Å². The van der Waals surface area contributed by atoms with Crippen LogP contribution in [0.3, 0.4) is 0 Å². The van der Waals surface area contributed by atoms with Crippen LogP contribution in [0.15, 0.2) is 11.6 Å². The summed E-state index contributed by atoms with van der Waals surface area (Å²) in [6.45, 7) is 9.26. The Balaban J connectivity index is 1.90. The van der Waals surface area contributed by atoms with Crippen molar-refractivity contribution in [3.63, 3.8) is 0 Å². The van der Waals surface area contributed by atoms with Crippen molar-refractivity contribution >= 4 is 5.97 Å². The third kappa shape index (κ3) is 1.58. The smallest absolute Gasteiger partial charge is 0.302 e. The lowest BCUT2D eigenvalue weighted by molar-refractivity contribution is -0.140. The van der Waals surface area contributed by atoms with E-state index in [4.69, 9.17) is 4.74 Å². The average Bonchev–Trinajstić information content (AvgIpc) is 2.89. The van der Waals surface area contributed by atoms with Crippen molar-refractivity contribution in [3.8, 4) is 0 Å². The van der Waals surface area contributed by atoms with Crippen molar-refractivity contribution in [2.45, 2.75) is 53.4 Å². The fourth-order valence-electron chi connectivity index (χ4n) is 5.76. The van der Waals surface area contributed by atoms with Crippen LogP contribution in [0.5, 0.6) is 0 Å². The van der Waals surface area contributed by atoms with Gasteiger partial charge >= 0.3 is 5.97 Å². The van der Waals surface area contributed by atoms with Gasteiger partial charge in [-0.25, -0.2) is 0 Å². The molecular formula is C17H26O2. The van der Waals surface area contributed by atoms with Crippen LogP contribution in [0.2, 0.25) is 0 Å². The number of hydrogen-bond acceptors (Lipinski definition) is 2. The molecule has 0 N–H and O–H groups in total. The quantitative estimate of drug-likeness (QED) is 0.556. The van der Waals surface area contributed by atoms with Gasteiger partial charge in [-0.3, -0.25) is 4.79 Å². The van der Waals surface area contributed by atoms with Gasteiger partial charge in [-0.1, -0.05) is 26.8 Å². The minimum atomic E-state index is -0.163. The highest BCUT2D eigenvalue weighted by molar-refractivity contribution is 5.66. The third-order valence-electron chi connectivity index (χ3n) is 6.67. The van der Waals surface area contributed by atoms with Gasteiger partial charge in [0.05, 0.1) is 0 Å². The lowest BCUT2D eigenvalue weighted by atomic mass is 9.61. The summed E-state index contributed by atoms with van der Waals surface area (Å²) in [4.78, 5) is 11.1. The van der Waals surface area contributed by atoms with Gasteiger partial charge in [0.25, 0.3) is 0 Å². The summed E-state index contributed by atoms with van der Waals surface area (Å²) in [5, 5.41) is 0. The molecule has 2 heteroatoms. The summed E-state index contributed by atoms with van der Waals surface area (Å²) >= 11 is 0. The first kappa shape index (κ1) is 13.2. The Morgan fingerprint density at radius 1 is 1.37 bits per heavy atom. The predicted octanol–water partition coefficient (Wildman–Crippen LogP) is 3.96. The van der Waals surface area contributed by atoms with Gasteiger partial charge in [-0.05, 0) is 59.8 Å². The standard InChI is InChI=1S/C17H26O2/c1-11-5-8-17-12(2)14(10-19-13(3)18)9-16(17,4)7-6-15(11)17/h9,11-12,15H,5-8,10H2,1-4H3/t11?,12-,15?,16+,17?/m0/s1. The molecule has 0 amide bonds. The lowest BCUT2D eigenvalue weighted by Crippen LogP contribution is -2.38. The van der Waals surface area contributed by atoms with Gasteiger partial charge in [0.2, 0.25) is 0 Å². The van der Waals surface area contributed by atoms with E-state index >= 15 is 0 Å². The SMILES string of the molecule is CC(=O)OCC1=C[C@@]2(C)CCC3C(C)CCC32[C@H]1C. The fraction of sp³-hybridized carbons (Fsp3) is 0.824. The molecule has 3 unspecified atom stereocenters. The Hall–Kier alpha value is -0.790. The van der Waals surface area contributed by atoms with Gasteiger partial charge < -0.3 is 4.74 Å². The molecule has 2 saturated carbocycles. The highest BCUT2D eigenvalue weighted by Gasteiger charge is 2.65. The average molecular weight is 262 g/mol. The summed E-state index contributed by atoms with van der Waals surface area (Å²) in [5.41, 5.74) is 2.18. The first-order chi connectivity index (χ1) is 8.91. The second-order valence-electron chi connectivity index (χ2n) is 7.34. The Morgan fingerprint density at radius 3 is 2.79 bits per heavy atom. The zero-order chi connectivity index (χ0) is 13.8. The molecule has 0 bridgehead atoms. The Bertz CT molecular complexity index is 439. The fourth-order valence-corrected chi connectivity index (χ4v) is 5.76. The molecule has 0 aromatic carbocycles. The molecule has 0 heterocycles. The molecule has 2 fully saturated rings. The number of esters is 1. The first-order valence-corrected chi connectivity index (χ1v) is 7.76. The molecule has 5 atom stereocenters. The van der Waals surface area contributed by atoms with Crippen LogP contribution in [0.4, 0.5) is 0 Å². The van der Waals surface area contributed by atoms with Crippen molar-refractivity contribution in [2.75, 3.05) is 6.61 Å². The van der Waals surface area contributed by atoms with Crippen LogP contribution in [-0.2, 0) is 9.53 Å². The second-order valence-corrected chi connectivity index (χ2v) is 7.34. The monoisotopic (exact) mass is 262 g/mol. The van der Waals surface area contributed by atoms with Gasteiger partial charge in [-0.2, -0.15) is 0 Å². The Labute approximate surface area is 116 Å². The third-order valence-corrected chi connectivity index (χ3v) is 6.67. The minimum Gasteiger partial charge on any atom is -0.461 e. The zero-order valence-corrected chi connectivity index (χ0v) is 12.7. The molecule has 2 nitrogen and oxygen atoms in total. The van der Waals surface area contributed by atoms with Gasteiger partial charge in [0.15, 0.2) is 0 Å².